The van der Waals surface area contributed by atoms with Crippen LogP contribution in [0.1, 0.15) is 265 Å². The first-order valence-corrected chi connectivity index (χ1v) is 29.6. The zero-order valence-electron chi connectivity index (χ0n) is 46.3. The van der Waals surface area contributed by atoms with Crippen LogP contribution in [0, 0.1) is 0 Å². The lowest BCUT2D eigenvalue weighted by Crippen LogP contribution is -2.46. The second-order valence-corrected chi connectivity index (χ2v) is 19.7. The van der Waals surface area contributed by atoms with Gasteiger partial charge in [-0.25, -0.2) is 0 Å². The molecule has 3 unspecified atom stereocenters. The van der Waals surface area contributed by atoms with Gasteiger partial charge < -0.3 is 20.3 Å². The molecular weight excluding hydrogens is 875 g/mol. The Hall–Kier alpha value is -3.48. The predicted octanol–water partition coefficient (Wildman–Crippen LogP) is 18.6. The number of hydrogen-bond donors (Lipinski definition) is 3. The Morgan fingerprint density at radius 2 is 0.817 bits per heavy atom. The Balaban J connectivity index is 4.73. The molecule has 0 radical (unpaired) electrons. The van der Waals surface area contributed by atoms with Crippen LogP contribution in [-0.2, 0) is 14.3 Å². The van der Waals surface area contributed by atoms with Gasteiger partial charge in [-0.3, -0.25) is 9.59 Å². The summed E-state index contributed by atoms with van der Waals surface area (Å²) in [5.41, 5.74) is 0. The summed E-state index contributed by atoms with van der Waals surface area (Å²) in [7, 11) is 0. The van der Waals surface area contributed by atoms with E-state index in [1.165, 1.54) is 122 Å². The van der Waals surface area contributed by atoms with Gasteiger partial charge in [0.15, 0.2) is 0 Å². The molecule has 71 heavy (non-hydrogen) atoms. The summed E-state index contributed by atoms with van der Waals surface area (Å²) in [6.07, 6.45) is 78.8. The average molecular weight is 987 g/mol. The van der Waals surface area contributed by atoms with E-state index in [0.717, 1.165) is 89.9 Å². The summed E-state index contributed by atoms with van der Waals surface area (Å²) in [6, 6.07) is -0.736. The van der Waals surface area contributed by atoms with E-state index in [-0.39, 0.29) is 31.3 Å². The molecule has 0 spiro atoms. The third kappa shape index (κ3) is 52.7. The van der Waals surface area contributed by atoms with E-state index in [1.54, 1.807) is 0 Å². The van der Waals surface area contributed by atoms with Crippen LogP contribution in [0.4, 0.5) is 0 Å². The minimum atomic E-state index is -0.818. The van der Waals surface area contributed by atoms with Gasteiger partial charge in [-0.15, -0.1) is 0 Å². The van der Waals surface area contributed by atoms with E-state index >= 15 is 0 Å². The molecule has 0 aromatic carbocycles. The zero-order chi connectivity index (χ0) is 51.6. The number of ether oxygens (including phenoxy) is 1. The molecule has 3 atom stereocenters. The molecule has 0 aromatic rings. The van der Waals surface area contributed by atoms with Crippen LogP contribution in [0.25, 0.3) is 0 Å². The van der Waals surface area contributed by atoms with Gasteiger partial charge in [0.25, 0.3) is 0 Å². The zero-order valence-corrected chi connectivity index (χ0v) is 46.3. The molecule has 0 aliphatic rings. The van der Waals surface area contributed by atoms with Gasteiger partial charge in [-0.2, -0.15) is 0 Å². The Morgan fingerprint density at radius 3 is 1.25 bits per heavy atom. The topological polar surface area (TPSA) is 95.9 Å². The highest BCUT2D eigenvalue weighted by molar-refractivity contribution is 5.77. The van der Waals surface area contributed by atoms with E-state index in [9.17, 15) is 19.8 Å². The van der Waals surface area contributed by atoms with Gasteiger partial charge in [0.1, 0.15) is 6.10 Å². The first-order chi connectivity index (χ1) is 35.0. The molecule has 0 heterocycles. The maximum atomic E-state index is 13.3. The molecule has 0 aliphatic carbocycles. The summed E-state index contributed by atoms with van der Waals surface area (Å²) in [6.45, 7) is 6.35. The van der Waals surface area contributed by atoms with Crippen molar-refractivity contribution in [2.45, 2.75) is 283 Å². The summed E-state index contributed by atoms with van der Waals surface area (Å²) in [5, 5.41) is 23.9. The fraction of sp³-hybridized carbons (Fsp3) is 0.692. The Kier molecular flexibility index (Phi) is 54.6. The normalized spacial score (nSPS) is 13.9. The number of carbonyl (C=O) groups excluding carboxylic acids is 2. The van der Waals surface area contributed by atoms with Crippen LogP contribution in [0.2, 0.25) is 0 Å². The third-order valence-corrected chi connectivity index (χ3v) is 12.9. The predicted molar refractivity (Wildman–Crippen MR) is 310 cm³/mol. The lowest BCUT2D eigenvalue weighted by molar-refractivity contribution is -0.150. The molecule has 0 rings (SSSR count). The number of allylic oxidation sites excluding steroid dienone is 18. The van der Waals surface area contributed by atoms with E-state index < -0.39 is 18.2 Å². The van der Waals surface area contributed by atoms with Crippen molar-refractivity contribution in [1.82, 2.24) is 5.32 Å². The van der Waals surface area contributed by atoms with Crippen LogP contribution in [0.15, 0.2) is 109 Å². The molecular formula is C65H111NO5. The van der Waals surface area contributed by atoms with Crippen LogP contribution in [0.3, 0.4) is 0 Å². The third-order valence-electron chi connectivity index (χ3n) is 12.9. The largest absolute Gasteiger partial charge is 0.462 e. The molecule has 0 bridgehead atoms. The highest BCUT2D eigenvalue weighted by Crippen LogP contribution is 2.17. The van der Waals surface area contributed by atoms with Crippen molar-refractivity contribution in [2.24, 2.45) is 0 Å². The number of nitrogens with one attached hydrogen (secondary N) is 1. The van der Waals surface area contributed by atoms with Crippen molar-refractivity contribution in [3.8, 4) is 0 Å². The molecule has 1 amide bonds. The molecule has 6 nitrogen and oxygen atoms in total. The maximum absolute atomic E-state index is 13.3. The minimum absolute atomic E-state index is 0.0188. The first kappa shape index (κ1) is 67.5. The fourth-order valence-electron chi connectivity index (χ4n) is 8.46. The number of carbonyl (C=O) groups is 2. The molecule has 3 N–H and O–H groups in total. The van der Waals surface area contributed by atoms with E-state index in [0.29, 0.717) is 19.3 Å². The van der Waals surface area contributed by atoms with Gasteiger partial charge in [0.2, 0.25) is 5.91 Å². The van der Waals surface area contributed by atoms with Crippen molar-refractivity contribution in [3.05, 3.63) is 109 Å². The van der Waals surface area contributed by atoms with E-state index in [1.807, 2.05) is 6.08 Å². The second kappa shape index (κ2) is 57.4. The number of amides is 1. The minimum Gasteiger partial charge on any atom is -0.462 e. The fourth-order valence-corrected chi connectivity index (χ4v) is 8.46. The lowest BCUT2D eigenvalue weighted by Gasteiger charge is -2.24. The van der Waals surface area contributed by atoms with Crippen LogP contribution < -0.4 is 5.32 Å². The van der Waals surface area contributed by atoms with Gasteiger partial charge in [0.05, 0.1) is 25.2 Å². The van der Waals surface area contributed by atoms with Crippen molar-refractivity contribution in [2.75, 3.05) is 6.61 Å². The smallest absolute Gasteiger partial charge is 0.306 e. The Labute approximate surface area is 438 Å². The standard InChI is InChI=1S/C65H111NO5/c1-4-7-10-13-16-19-22-25-28-31-32-34-37-40-43-46-49-52-55-58-65(70)71-61(56-53-50-47-44-41-38-35-30-27-24-21-18-15-12-9-6-3)59-64(69)66-62(60-67)63(68)57-54-51-48-45-42-39-36-33-29-26-23-20-17-14-11-8-5-2/h7,10,16,19,24-25,27-28,30,32,34-35,38,40-41,43,49,52,61-63,67-68H,4-6,8-9,11-15,17-18,20-23,26,29,31,33,36-37,39,42,44-48,50-51,53-60H2,1-3H3,(H,66,69)/b10-7-,19-16-,27-24+,28-25-,34-32-,35-30+,41-38+,43-40-,52-49-. The number of hydrogen-bond acceptors (Lipinski definition) is 5. The summed E-state index contributed by atoms with van der Waals surface area (Å²) < 4.78 is 5.90. The van der Waals surface area contributed by atoms with Gasteiger partial charge >= 0.3 is 5.97 Å². The van der Waals surface area contributed by atoms with Crippen LogP contribution in [0.5, 0.6) is 0 Å². The van der Waals surface area contributed by atoms with Crippen LogP contribution >= 0.6 is 0 Å². The van der Waals surface area contributed by atoms with Crippen molar-refractivity contribution < 1.29 is 24.5 Å². The SMILES string of the molecule is CC/C=C\C/C=C\C/C=C\C/C=C\C/C=C\C/C=C\CCC(=O)OC(CCCCC/C=C/C=C/C=C/CCCCCCC)CC(=O)NC(CO)C(O)CCCCCCCCCCCCCCCCCCC. The second-order valence-electron chi connectivity index (χ2n) is 19.7. The Morgan fingerprint density at radius 1 is 0.437 bits per heavy atom. The van der Waals surface area contributed by atoms with Crippen molar-refractivity contribution >= 4 is 11.9 Å². The number of unbranched alkanes of at least 4 members (excludes halogenated alkanes) is 24. The van der Waals surface area contributed by atoms with Crippen molar-refractivity contribution in [1.29, 1.82) is 0 Å². The molecule has 0 aliphatic heterocycles. The summed E-state index contributed by atoms with van der Waals surface area (Å²) in [4.78, 5) is 26.3. The van der Waals surface area contributed by atoms with Crippen molar-refractivity contribution in [3.63, 3.8) is 0 Å². The van der Waals surface area contributed by atoms with Gasteiger partial charge in [0, 0.05) is 6.42 Å². The summed E-state index contributed by atoms with van der Waals surface area (Å²) in [5.74, 6) is -0.610. The summed E-state index contributed by atoms with van der Waals surface area (Å²) >= 11 is 0. The molecule has 0 saturated heterocycles. The molecule has 0 fully saturated rings. The Bertz CT molecular complexity index is 1430. The lowest BCUT2D eigenvalue weighted by atomic mass is 10.0. The van der Waals surface area contributed by atoms with E-state index in [2.05, 4.69) is 129 Å². The number of aliphatic hydroxyl groups is 2. The van der Waals surface area contributed by atoms with Crippen LogP contribution in [-0.4, -0.2) is 46.9 Å². The maximum Gasteiger partial charge on any atom is 0.306 e. The number of rotatable bonds is 52. The number of aliphatic hydroxyl groups excluding tert-OH is 2. The highest BCUT2D eigenvalue weighted by atomic mass is 16.5. The molecule has 0 aromatic heterocycles. The average Bonchev–Trinajstić information content (AvgIpc) is 3.36. The van der Waals surface area contributed by atoms with E-state index in [4.69, 9.17) is 4.74 Å². The molecule has 6 heteroatoms. The highest BCUT2D eigenvalue weighted by Gasteiger charge is 2.24. The van der Waals surface area contributed by atoms with Gasteiger partial charge in [-0.1, -0.05) is 271 Å². The monoisotopic (exact) mass is 986 g/mol. The first-order valence-electron chi connectivity index (χ1n) is 29.6. The number of esters is 1. The quantitative estimate of drug-likeness (QED) is 0.0244. The molecule has 0 saturated carbocycles. The molecule has 406 valence electrons. The van der Waals surface area contributed by atoms with Gasteiger partial charge in [-0.05, 0) is 89.9 Å².